The first kappa shape index (κ1) is 27.7. The fraction of sp³-hybridized carbons (Fsp3) is 0.212. The summed E-state index contributed by atoms with van der Waals surface area (Å²) in [6, 6.07) is 22.8. The molecule has 222 valence electrons. The van der Waals surface area contributed by atoms with Crippen molar-refractivity contribution in [1.82, 2.24) is 19.9 Å². The number of aromatic amines is 1. The van der Waals surface area contributed by atoms with Crippen LogP contribution in [0, 0.1) is 0 Å². The van der Waals surface area contributed by atoms with Crippen molar-refractivity contribution < 1.29 is 14.3 Å². The maximum Gasteiger partial charge on any atom is 0.257 e. The van der Waals surface area contributed by atoms with Crippen molar-refractivity contribution in [2.45, 2.75) is 19.3 Å². The van der Waals surface area contributed by atoms with Crippen molar-refractivity contribution >= 4 is 61.1 Å². The van der Waals surface area contributed by atoms with Gasteiger partial charge in [0.05, 0.1) is 41.2 Å². The van der Waals surface area contributed by atoms with Crippen molar-refractivity contribution in [1.29, 1.82) is 0 Å². The Labute approximate surface area is 258 Å². The smallest absolute Gasteiger partial charge is 0.257 e. The molecule has 3 aromatic heterocycles. The Morgan fingerprint density at radius 2 is 1.64 bits per heavy atom. The number of fused-ring (bicyclic) bond motifs is 2. The summed E-state index contributed by atoms with van der Waals surface area (Å²) in [4.78, 5) is 33.8. The number of nitrogens with zero attached hydrogens (tertiary/aromatic N) is 4. The lowest BCUT2D eigenvalue weighted by atomic mass is 10.1. The van der Waals surface area contributed by atoms with Gasteiger partial charge in [-0.15, -0.1) is 0 Å². The molecule has 0 saturated carbocycles. The van der Waals surface area contributed by atoms with Crippen LogP contribution in [0.15, 0.2) is 72.8 Å². The maximum atomic E-state index is 13.8. The fourth-order valence-electron chi connectivity index (χ4n) is 5.42. The fourth-order valence-corrected chi connectivity index (χ4v) is 6.49. The van der Waals surface area contributed by atoms with Crippen LogP contribution in [-0.2, 0) is 0 Å². The molecule has 4 heterocycles. The van der Waals surface area contributed by atoms with Crippen LogP contribution in [0.3, 0.4) is 0 Å². The van der Waals surface area contributed by atoms with Crippen LogP contribution in [0.4, 0.5) is 22.5 Å². The van der Waals surface area contributed by atoms with Crippen molar-refractivity contribution in [3.8, 4) is 22.8 Å². The van der Waals surface area contributed by atoms with Crippen molar-refractivity contribution in [3.05, 3.63) is 78.4 Å². The number of H-pyrrole nitrogens is 1. The molecule has 10 nitrogen and oxygen atoms in total. The Hall–Kier alpha value is -5.16. The van der Waals surface area contributed by atoms with Gasteiger partial charge < -0.3 is 30.0 Å². The quantitative estimate of drug-likeness (QED) is 0.166. The molecule has 3 aromatic carbocycles. The number of amides is 1. The number of carbonyl (C=O) groups is 1. The molecule has 0 aliphatic carbocycles. The first-order valence-corrected chi connectivity index (χ1v) is 15.3. The predicted molar refractivity (Wildman–Crippen MR) is 176 cm³/mol. The molecule has 1 amide bonds. The molecular weight excluding hydrogens is 574 g/mol. The molecule has 0 bridgehead atoms. The van der Waals surface area contributed by atoms with Crippen molar-refractivity contribution in [2.24, 2.45) is 0 Å². The van der Waals surface area contributed by atoms with Crippen LogP contribution in [0.25, 0.3) is 32.6 Å². The summed E-state index contributed by atoms with van der Waals surface area (Å²) in [6.45, 7) is 1.91. The number of piperidine rings is 1. The summed E-state index contributed by atoms with van der Waals surface area (Å²) < 4.78 is 11.7. The number of hydrogen-bond donors (Lipinski definition) is 3. The minimum atomic E-state index is -0.231. The second-order valence-electron chi connectivity index (χ2n) is 10.6. The van der Waals surface area contributed by atoms with Gasteiger partial charge in [0.25, 0.3) is 5.91 Å². The van der Waals surface area contributed by atoms with E-state index in [-0.39, 0.29) is 5.91 Å². The van der Waals surface area contributed by atoms with Crippen LogP contribution < -0.4 is 25.0 Å². The number of pyridine rings is 1. The molecule has 1 aliphatic heterocycles. The molecule has 3 N–H and O–H groups in total. The Kier molecular flexibility index (Phi) is 7.45. The number of methoxy groups -OCH3 is 2. The molecule has 6 aromatic rings. The summed E-state index contributed by atoms with van der Waals surface area (Å²) in [5.74, 6) is 1.63. The minimum Gasteiger partial charge on any atom is -0.493 e. The number of nitrogens with one attached hydrogen (secondary N) is 3. The van der Waals surface area contributed by atoms with Gasteiger partial charge in [-0.05, 0) is 79.9 Å². The van der Waals surface area contributed by atoms with Gasteiger partial charge >= 0.3 is 0 Å². The number of benzene rings is 3. The monoisotopic (exact) mass is 605 g/mol. The number of ether oxygens (including phenoxy) is 2. The second-order valence-corrected chi connectivity index (χ2v) is 11.6. The van der Waals surface area contributed by atoms with Crippen LogP contribution in [0.2, 0.25) is 0 Å². The third kappa shape index (κ3) is 5.49. The predicted octanol–water partition coefficient (Wildman–Crippen LogP) is 7.24. The zero-order chi connectivity index (χ0) is 30.0. The van der Waals surface area contributed by atoms with E-state index in [1.807, 2.05) is 72.8 Å². The third-order valence-electron chi connectivity index (χ3n) is 7.70. The lowest BCUT2D eigenvalue weighted by molar-refractivity contribution is 0.102. The highest BCUT2D eigenvalue weighted by Crippen LogP contribution is 2.37. The maximum absolute atomic E-state index is 13.8. The van der Waals surface area contributed by atoms with Crippen molar-refractivity contribution in [3.63, 3.8) is 0 Å². The second kappa shape index (κ2) is 11.8. The van der Waals surface area contributed by atoms with Crippen LogP contribution in [0.1, 0.15) is 29.6 Å². The summed E-state index contributed by atoms with van der Waals surface area (Å²) in [5.41, 5.74) is 5.87. The zero-order valence-corrected chi connectivity index (χ0v) is 25.2. The first-order valence-electron chi connectivity index (χ1n) is 14.5. The highest BCUT2D eigenvalue weighted by Gasteiger charge is 2.22. The Morgan fingerprint density at radius 1 is 0.864 bits per heavy atom. The lowest BCUT2D eigenvalue weighted by Gasteiger charge is -2.25. The number of carbonyl (C=O) groups excluding carboxylic acids is 1. The number of aromatic nitrogens is 4. The van der Waals surface area contributed by atoms with E-state index in [2.05, 4.69) is 25.5 Å². The number of para-hydroxylation sites is 2. The molecule has 7 rings (SSSR count). The van der Waals surface area contributed by atoms with E-state index in [0.29, 0.717) is 40.0 Å². The molecule has 1 aliphatic rings. The highest BCUT2D eigenvalue weighted by molar-refractivity contribution is 7.22. The minimum absolute atomic E-state index is 0.231. The van der Waals surface area contributed by atoms with Gasteiger partial charge in [-0.3, -0.25) is 4.79 Å². The molecule has 0 spiro atoms. The van der Waals surface area contributed by atoms with E-state index >= 15 is 0 Å². The van der Waals surface area contributed by atoms with Gasteiger partial charge in [0.1, 0.15) is 0 Å². The zero-order valence-electron chi connectivity index (χ0n) is 24.4. The summed E-state index contributed by atoms with van der Waals surface area (Å²) >= 11 is 1.52. The molecule has 0 atom stereocenters. The van der Waals surface area contributed by atoms with E-state index in [1.165, 1.54) is 17.8 Å². The summed E-state index contributed by atoms with van der Waals surface area (Å²) in [7, 11) is 3.20. The van der Waals surface area contributed by atoms with E-state index < -0.39 is 0 Å². The van der Waals surface area contributed by atoms with Crippen LogP contribution in [0.5, 0.6) is 11.5 Å². The molecular formula is C33H31N7O3S. The van der Waals surface area contributed by atoms with Crippen LogP contribution in [-0.4, -0.2) is 53.2 Å². The lowest BCUT2D eigenvalue weighted by Crippen LogP contribution is -2.29. The van der Waals surface area contributed by atoms with E-state index in [9.17, 15) is 4.79 Å². The molecule has 44 heavy (non-hydrogen) atoms. The third-order valence-corrected chi connectivity index (χ3v) is 8.83. The molecule has 1 fully saturated rings. The topological polar surface area (TPSA) is 117 Å². The van der Waals surface area contributed by atoms with Gasteiger partial charge in [-0.1, -0.05) is 23.5 Å². The summed E-state index contributed by atoms with van der Waals surface area (Å²) in [6.07, 6.45) is 3.49. The number of thiazole rings is 1. The molecule has 0 radical (unpaired) electrons. The Bertz CT molecular complexity index is 1930. The summed E-state index contributed by atoms with van der Waals surface area (Å²) in [5, 5.41) is 7.26. The average molecular weight is 606 g/mol. The van der Waals surface area contributed by atoms with Crippen LogP contribution >= 0.6 is 11.3 Å². The van der Waals surface area contributed by atoms with Crippen molar-refractivity contribution in [2.75, 3.05) is 42.8 Å². The number of rotatable bonds is 8. The van der Waals surface area contributed by atoms with E-state index in [0.717, 1.165) is 58.0 Å². The number of hydrogen-bond acceptors (Lipinski definition) is 9. The largest absolute Gasteiger partial charge is 0.493 e. The number of anilines is 4. The Morgan fingerprint density at radius 3 is 2.41 bits per heavy atom. The van der Waals surface area contributed by atoms with E-state index in [4.69, 9.17) is 19.4 Å². The number of imidazole rings is 1. The molecule has 11 heteroatoms. The standard InChI is InChI=1S/C33H31N7O3S/c1-42-27-15-10-20(18-28(27)43-2)26-19-23(29-30(36-26)39-33(44-29)40-16-6-3-7-17-40)31(41)34-21-11-13-22(14-12-21)35-32-37-24-8-4-5-9-25(24)38-32/h4-5,8-15,18-19H,3,6-7,16-17H2,1-2H3,(H,34,41)(H2,35,37,38). The highest BCUT2D eigenvalue weighted by atomic mass is 32.1. The first-order chi connectivity index (χ1) is 21.6. The normalized spacial score (nSPS) is 13.3. The average Bonchev–Trinajstić information content (AvgIpc) is 3.69. The molecule has 0 unspecified atom stereocenters. The SMILES string of the molecule is COc1ccc(-c2cc(C(=O)Nc3ccc(Nc4nc5ccccc5[nH]4)cc3)c3sc(N4CCCCC4)nc3n2)cc1OC. The van der Waals surface area contributed by atoms with Gasteiger partial charge in [0.15, 0.2) is 22.3 Å². The van der Waals surface area contributed by atoms with Gasteiger partial charge in [-0.2, -0.15) is 4.98 Å². The van der Waals surface area contributed by atoms with E-state index in [1.54, 1.807) is 14.2 Å². The Balaban J connectivity index is 1.19. The van der Waals surface area contributed by atoms with Gasteiger partial charge in [-0.25, -0.2) is 9.97 Å². The van der Waals surface area contributed by atoms with Gasteiger partial charge in [0.2, 0.25) is 5.95 Å². The molecule has 1 saturated heterocycles. The van der Waals surface area contributed by atoms with Gasteiger partial charge in [0, 0.05) is 30.0 Å².